The number of nitro benzene ring substituents is 1. The molecule has 0 bridgehead atoms. The summed E-state index contributed by atoms with van der Waals surface area (Å²) < 4.78 is 0. The standard InChI is InChI=1S/C20H24N2O2/c1-2-3-4-5-15-6-12-20-17(14-15)9-13-19(21-20)16-7-10-18(11-8-16)22(23)24/h7-11,13,15H,2-6,12,14H2,1H3/t15-/m0/s1. The fraction of sp³-hybridized carbons (Fsp3) is 0.450. The van der Waals surface area contributed by atoms with Gasteiger partial charge in [-0.15, -0.1) is 0 Å². The Balaban J connectivity index is 1.72. The number of hydrogen-bond acceptors (Lipinski definition) is 3. The van der Waals surface area contributed by atoms with Crippen LogP contribution in [0.3, 0.4) is 0 Å². The van der Waals surface area contributed by atoms with Crippen molar-refractivity contribution in [3.8, 4) is 11.3 Å². The van der Waals surface area contributed by atoms with Gasteiger partial charge in [0.05, 0.1) is 10.6 Å². The number of fused-ring (bicyclic) bond motifs is 1. The summed E-state index contributed by atoms with van der Waals surface area (Å²) in [5.74, 6) is 0.802. The second-order valence-corrected chi connectivity index (χ2v) is 6.71. The monoisotopic (exact) mass is 324 g/mol. The van der Waals surface area contributed by atoms with Crippen LogP contribution in [-0.2, 0) is 12.8 Å². The first kappa shape index (κ1) is 16.6. The fourth-order valence-electron chi connectivity index (χ4n) is 3.53. The Labute approximate surface area is 143 Å². The van der Waals surface area contributed by atoms with Crippen LogP contribution in [0.15, 0.2) is 36.4 Å². The Bertz CT molecular complexity index is 710. The highest BCUT2D eigenvalue weighted by Crippen LogP contribution is 2.30. The van der Waals surface area contributed by atoms with Crippen LogP contribution >= 0.6 is 0 Å². The van der Waals surface area contributed by atoms with Crippen molar-refractivity contribution in [1.29, 1.82) is 0 Å². The lowest BCUT2D eigenvalue weighted by Crippen LogP contribution is -2.15. The zero-order valence-corrected chi connectivity index (χ0v) is 14.2. The van der Waals surface area contributed by atoms with Gasteiger partial charge in [0.1, 0.15) is 0 Å². The first-order chi connectivity index (χ1) is 11.7. The largest absolute Gasteiger partial charge is 0.269 e. The van der Waals surface area contributed by atoms with Crippen LogP contribution in [0.1, 0.15) is 50.3 Å². The molecule has 0 N–H and O–H groups in total. The normalized spacial score (nSPS) is 16.6. The van der Waals surface area contributed by atoms with Gasteiger partial charge in [-0.1, -0.05) is 38.7 Å². The van der Waals surface area contributed by atoms with Crippen molar-refractivity contribution in [1.82, 2.24) is 4.98 Å². The van der Waals surface area contributed by atoms with Crippen LogP contribution in [-0.4, -0.2) is 9.91 Å². The van der Waals surface area contributed by atoms with Crippen LogP contribution in [0.4, 0.5) is 5.69 Å². The number of nitrogens with zero attached hydrogens (tertiary/aromatic N) is 2. The molecule has 1 aliphatic rings. The van der Waals surface area contributed by atoms with Crippen LogP contribution in [0, 0.1) is 16.0 Å². The third-order valence-corrected chi connectivity index (χ3v) is 4.96. The highest BCUT2D eigenvalue weighted by Gasteiger charge is 2.20. The Hall–Kier alpha value is -2.23. The van der Waals surface area contributed by atoms with Gasteiger partial charge in [0.15, 0.2) is 0 Å². The Morgan fingerprint density at radius 2 is 1.96 bits per heavy atom. The molecule has 1 aromatic carbocycles. The molecule has 1 atom stereocenters. The van der Waals surface area contributed by atoms with Gasteiger partial charge in [-0.05, 0) is 48.9 Å². The molecule has 0 amide bonds. The number of rotatable bonds is 6. The summed E-state index contributed by atoms with van der Waals surface area (Å²) in [6.45, 7) is 2.25. The average molecular weight is 324 g/mol. The average Bonchev–Trinajstić information content (AvgIpc) is 2.61. The van der Waals surface area contributed by atoms with Gasteiger partial charge in [0, 0.05) is 23.4 Å². The molecule has 1 aliphatic carbocycles. The molecule has 4 nitrogen and oxygen atoms in total. The van der Waals surface area contributed by atoms with Crippen molar-refractivity contribution < 1.29 is 4.92 Å². The summed E-state index contributed by atoms with van der Waals surface area (Å²) in [7, 11) is 0. The molecule has 0 saturated heterocycles. The van der Waals surface area contributed by atoms with E-state index in [0.717, 1.165) is 30.0 Å². The molecule has 126 valence electrons. The lowest BCUT2D eigenvalue weighted by molar-refractivity contribution is -0.384. The summed E-state index contributed by atoms with van der Waals surface area (Å²) in [4.78, 5) is 15.2. The molecule has 0 aliphatic heterocycles. The fourth-order valence-corrected chi connectivity index (χ4v) is 3.53. The van der Waals surface area contributed by atoms with Crippen molar-refractivity contribution >= 4 is 5.69 Å². The highest BCUT2D eigenvalue weighted by atomic mass is 16.6. The third kappa shape index (κ3) is 3.81. The van der Waals surface area contributed by atoms with Crippen molar-refractivity contribution in [2.75, 3.05) is 0 Å². The molecular weight excluding hydrogens is 300 g/mol. The van der Waals surface area contributed by atoms with Crippen molar-refractivity contribution in [2.24, 2.45) is 5.92 Å². The number of aryl methyl sites for hydroxylation is 1. The summed E-state index contributed by atoms with van der Waals surface area (Å²) in [6.07, 6.45) is 8.71. The predicted molar refractivity (Wildman–Crippen MR) is 96.0 cm³/mol. The van der Waals surface area contributed by atoms with Gasteiger partial charge in [0.2, 0.25) is 0 Å². The summed E-state index contributed by atoms with van der Waals surface area (Å²) >= 11 is 0. The molecule has 1 aromatic heterocycles. The number of non-ortho nitro benzene ring substituents is 1. The van der Waals surface area contributed by atoms with E-state index in [2.05, 4.69) is 19.1 Å². The lowest BCUT2D eigenvalue weighted by atomic mass is 9.83. The smallest absolute Gasteiger partial charge is 0.258 e. The summed E-state index contributed by atoms with van der Waals surface area (Å²) in [6, 6.07) is 10.9. The minimum absolute atomic E-state index is 0.117. The topological polar surface area (TPSA) is 56.0 Å². The quantitative estimate of drug-likeness (QED) is 0.409. The summed E-state index contributed by atoms with van der Waals surface area (Å²) in [5, 5.41) is 10.8. The van der Waals surface area contributed by atoms with E-state index in [9.17, 15) is 10.1 Å². The molecule has 4 heteroatoms. The van der Waals surface area contributed by atoms with Gasteiger partial charge >= 0.3 is 0 Å². The number of pyridine rings is 1. The van der Waals surface area contributed by atoms with Gasteiger partial charge in [-0.2, -0.15) is 0 Å². The highest BCUT2D eigenvalue weighted by molar-refractivity contribution is 5.61. The maximum absolute atomic E-state index is 10.8. The lowest BCUT2D eigenvalue weighted by Gasteiger charge is -2.24. The third-order valence-electron chi connectivity index (χ3n) is 4.96. The van der Waals surface area contributed by atoms with Gasteiger partial charge in [-0.25, -0.2) is 0 Å². The molecule has 3 rings (SSSR count). The van der Waals surface area contributed by atoms with E-state index < -0.39 is 0 Å². The molecule has 24 heavy (non-hydrogen) atoms. The second-order valence-electron chi connectivity index (χ2n) is 6.71. The van der Waals surface area contributed by atoms with Gasteiger partial charge < -0.3 is 0 Å². The van der Waals surface area contributed by atoms with Crippen molar-refractivity contribution in [2.45, 2.75) is 51.9 Å². The maximum Gasteiger partial charge on any atom is 0.269 e. The number of nitro groups is 1. The molecule has 1 heterocycles. The maximum atomic E-state index is 10.8. The molecular formula is C20H24N2O2. The van der Waals surface area contributed by atoms with Crippen LogP contribution in [0.2, 0.25) is 0 Å². The van der Waals surface area contributed by atoms with E-state index in [-0.39, 0.29) is 10.6 Å². The van der Waals surface area contributed by atoms with Crippen molar-refractivity contribution in [3.05, 3.63) is 57.8 Å². The van der Waals surface area contributed by atoms with E-state index in [1.807, 2.05) is 0 Å². The predicted octanol–water partition coefficient (Wildman–Crippen LogP) is 5.34. The molecule has 0 unspecified atom stereocenters. The minimum atomic E-state index is -0.372. The van der Waals surface area contributed by atoms with Crippen LogP contribution in [0.25, 0.3) is 11.3 Å². The SMILES string of the molecule is CCCCC[C@H]1CCc2nc(-c3ccc([N+](=O)[O-])cc3)ccc2C1. The molecule has 2 aromatic rings. The number of hydrogen-bond donors (Lipinski definition) is 0. The zero-order valence-electron chi connectivity index (χ0n) is 14.2. The Morgan fingerprint density at radius 3 is 2.67 bits per heavy atom. The molecule has 0 saturated carbocycles. The van der Waals surface area contributed by atoms with E-state index in [1.54, 1.807) is 24.3 Å². The van der Waals surface area contributed by atoms with Crippen LogP contribution in [0.5, 0.6) is 0 Å². The minimum Gasteiger partial charge on any atom is -0.258 e. The van der Waals surface area contributed by atoms with Crippen LogP contribution < -0.4 is 0 Å². The summed E-state index contributed by atoms with van der Waals surface area (Å²) in [5.41, 5.74) is 4.55. The number of aromatic nitrogens is 1. The van der Waals surface area contributed by atoms with Gasteiger partial charge in [-0.3, -0.25) is 15.1 Å². The zero-order chi connectivity index (χ0) is 16.9. The van der Waals surface area contributed by atoms with Crippen molar-refractivity contribution in [3.63, 3.8) is 0 Å². The Kier molecular flexibility index (Phi) is 5.24. The van der Waals surface area contributed by atoms with E-state index in [0.29, 0.717) is 0 Å². The van der Waals surface area contributed by atoms with E-state index in [4.69, 9.17) is 4.98 Å². The number of unbranched alkanes of at least 4 members (excludes halogenated alkanes) is 2. The molecule has 0 fully saturated rings. The molecule has 0 spiro atoms. The molecule has 0 radical (unpaired) electrons. The second kappa shape index (κ2) is 7.56. The van der Waals surface area contributed by atoms with E-state index >= 15 is 0 Å². The first-order valence-electron chi connectivity index (χ1n) is 8.91. The van der Waals surface area contributed by atoms with E-state index in [1.165, 1.54) is 43.4 Å². The van der Waals surface area contributed by atoms with Gasteiger partial charge in [0.25, 0.3) is 5.69 Å². The number of benzene rings is 1. The first-order valence-corrected chi connectivity index (χ1v) is 8.91. The Morgan fingerprint density at radius 1 is 1.17 bits per heavy atom.